The third-order valence-corrected chi connectivity index (χ3v) is 4.86. The van der Waals surface area contributed by atoms with E-state index in [2.05, 4.69) is 0 Å². The van der Waals surface area contributed by atoms with Crippen LogP contribution in [0.2, 0.25) is 0 Å². The molecule has 3 nitrogen and oxygen atoms in total. The Labute approximate surface area is 150 Å². The summed E-state index contributed by atoms with van der Waals surface area (Å²) in [6, 6.07) is 11.7. The fourth-order valence-corrected chi connectivity index (χ4v) is 3.54. The van der Waals surface area contributed by atoms with Crippen molar-refractivity contribution in [3.63, 3.8) is 0 Å². The second-order valence-corrected chi connectivity index (χ2v) is 6.67. The molecule has 2 aromatic rings. The molecule has 0 radical (unpaired) electrons. The summed E-state index contributed by atoms with van der Waals surface area (Å²) in [6.07, 6.45) is -3.10. The van der Waals surface area contributed by atoms with Crippen LogP contribution in [0.25, 0.3) is 0 Å². The minimum Gasteiger partial charge on any atom is -0.480 e. The highest BCUT2D eigenvalue weighted by Crippen LogP contribution is 2.36. The van der Waals surface area contributed by atoms with Crippen molar-refractivity contribution in [2.45, 2.75) is 38.0 Å². The van der Waals surface area contributed by atoms with E-state index < -0.39 is 23.8 Å². The highest BCUT2D eigenvalue weighted by atomic mass is 19.4. The van der Waals surface area contributed by atoms with Gasteiger partial charge in [0.05, 0.1) is 11.6 Å². The van der Waals surface area contributed by atoms with Gasteiger partial charge in [-0.25, -0.2) is 0 Å². The number of nitrogens with zero attached hydrogens (tertiary/aromatic N) is 1. The number of carboxylic acid groups (broad SMARTS) is 1. The number of carbonyl (C=O) groups is 1. The zero-order chi connectivity index (χ0) is 18.9. The van der Waals surface area contributed by atoms with E-state index in [1.54, 1.807) is 0 Å². The number of alkyl halides is 3. The lowest BCUT2D eigenvalue weighted by atomic mass is 9.94. The van der Waals surface area contributed by atoms with E-state index in [0.717, 1.165) is 29.7 Å². The van der Waals surface area contributed by atoms with Crippen molar-refractivity contribution in [2.24, 2.45) is 0 Å². The third kappa shape index (κ3) is 3.75. The monoisotopic (exact) mass is 363 g/mol. The van der Waals surface area contributed by atoms with E-state index >= 15 is 0 Å². The molecule has 26 heavy (non-hydrogen) atoms. The Hall–Kier alpha value is -2.34. The summed E-state index contributed by atoms with van der Waals surface area (Å²) < 4.78 is 38.6. The van der Waals surface area contributed by atoms with Crippen molar-refractivity contribution in [1.82, 2.24) is 4.90 Å². The van der Waals surface area contributed by atoms with E-state index in [-0.39, 0.29) is 6.04 Å². The van der Waals surface area contributed by atoms with Crippen LogP contribution in [0.15, 0.2) is 48.5 Å². The van der Waals surface area contributed by atoms with E-state index in [9.17, 15) is 23.1 Å². The summed E-state index contributed by atoms with van der Waals surface area (Å²) >= 11 is 0. The fraction of sp³-hybridized carbons (Fsp3) is 0.350. The molecule has 2 unspecified atom stereocenters. The second-order valence-electron chi connectivity index (χ2n) is 6.67. The van der Waals surface area contributed by atoms with Gasteiger partial charge in [-0.3, -0.25) is 9.69 Å². The number of carboxylic acids is 1. The van der Waals surface area contributed by atoms with Gasteiger partial charge in [0.1, 0.15) is 6.04 Å². The van der Waals surface area contributed by atoms with Gasteiger partial charge in [-0.05, 0) is 43.0 Å². The predicted octanol–water partition coefficient (Wildman–Crippen LogP) is 4.65. The van der Waals surface area contributed by atoms with Gasteiger partial charge in [-0.2, -0.15) is 13.2 Å². The van der Waals surface area contributed by atoms with Crippen molar-refractivity contribution in [3.05, 3.63) is 70.8 Å². The van der Waals surface area contributed by atoms with E-state index in [4.69, 9.17) is 0 Å². The maximum absolute atomic E-state index is 12.9. The molecule has 1 heterocycles. The summed E-state index contributed by atoms with van der Waals surface area (Å²) in [6.45, 7) is 2.54. The van der Waals surface area contributed by atoms with Crippen molar-refractivity contribution < 1.29 is 23.1 Å². The van der Waals surface area contributed by atoms with Crippen LogP contribution in [0.5, 0.6) is 0 Å². The van der Waals surface area contributed by atoms with Crippen LogP contribution in [0.1, 0.15) is 41.1 Å². The Morgan fingerprint density at radius 3 is 2.12 bits per heavy atom. The first-order valence-electron chi connectivity index (χ1n) is 8.49. The normalized spacial score (nSPS) is 19.5. The Balaban J connectivity index is 2.03. The van der Waals surface area contributed by atoms with Crippen molar-refractivity contribution in [3.8, 4) is 0 Å². The lowest BCUT2D eigenvalue weighted by Crippen LogP contribution is -2.39. The molecular weight excluding hydrogens is 343 g/mol. The molecule has 2 atom stereocenters. The summed E-state index contributed by atoms with van der Waals surface area (Å²) in [7, 11) is 0. The van der Waals surface area contributed by atoms with Crippen LogP contribution in [-0.2, 0) is 11.0 Å². The van der Waals surface area contributed by atoms with Gasteiger partial charge in [-0.1, -0.05) is 42.0 Å². The molecule has 6 heteroatoms. The number of likely N-dealkylation sites (tertiary alicyclic amines) is 1. The zero-order valence-electron chi connectivity index (χ0n) is 14.3. The topological polar surface area (TPSA) is 40.5 Å². The Morgan fingerprint density at radius 2 is 1.62 bits per heavy atom. The van der Waals surface area contributed by atoms with E-state index in [1.165, 1.54) is 12.1 Å². The van der Waals surface area contributed by atoms with Gasteiger partial charge in [-0.15, -0.1) is 0 Å². The van der Waals surface area contributed by atoms with Crippen LogP contribution in [0, 0.1) is 6.92 Å². The van der Waals surface area contributed by atoms with Gasteiger partial charge >= 0.3 is 12.1 Å². The lowest BCUT2D eigenvalue weighted by molar-refractivity contribution is -0.142. The molecule has 0 aromatic heterocycles. The van der Waals surface area contributed by atoms with Gasteiger partial charge in [0, 0.05) is 6.54 Å². The smallest absolute Gasteiger partial charge is 0.416 e. The first-order chi connectivity index (χ1) is 12.3. The standard InChI is InChI=1S/C20H20F3NO2/c1-13-4-6-14(7-5-13)18(24-12-2-3-17(24)19(25)26)15-8-10-16(11-9-15)20(21,22)23/h4-11,17-18H,2-3,12H2,1H3,(H,25,26). The Bertz CT molecular complexity index is 769. The van der Waals surface area contributed by atoms with Crippen LogP contribution < -0.4 is 0 Å². The molecule has 1 aliphatic rings. The van der Waals surface area contributed by atoms with Crippen LogP contribution in [-0.4, -0.2) is 28.6 Å². The first kappa shape index (κ1) is 18.5. The maximum atomic E-state index is 12.9. The number of hydrogen-bond acceptors (Lipinski definition) is 2. The van der Waals surface area contributed by atoms with E-state index in [0.29, 0.717) is 18.5 Å². The summed E-state index contributed by atoms with van der Waals surface area (Å²) in [5.41, 5.74) is 1.90. The van der Waals surface area contributed by atoms with Gasteiger partial charge in [0.25, 0.3) is 0 Å². The fourth-order valence-electron chi connectivity index (χ4n) is 3.54. The molecule has 1 N–H and O–H groups in total. The van der Waals surface area contributed by atoms with Gasteiger partial charge in [0.15, 0.2) is 0 Å². The number of aryl methyl sites for hydroxylation is 1. The number of benzene rings is 2. The first-order valence-corrected chi connectivity index (χ1v) is 8.49. The largest absolute Gasteiger partial charge is 0.480 e. The molecule has 0 amide bonds. The number of aliphatic carboxylic acids is 1. The molecule has 0 saturated carbocycles. The van der Waals surface area contributed by atoms with Crippen molar-refractivity contribution in [2.75, 3.05) is 6.54 Å². The van der Waals surface area contributed by atoms with Crippen molar-refractivity contribution >= 4 is 5.97 Å². The van der Waals surface area contributed by atoms with Crippen LogP contribution in [0.3, 0.4) is 0 Å². The zero-order valence-corrected chi connectivity index (χ0v) is 14.3. The Kier molecular flexibility index (Phi) is 5.05. The molecule has 1 saturated heterocycles. The summed E-state index contributed by atoms with van der Waals surface area (Å²) in [5, 5.41) is 9.53. The SMILES string of the molecule is Cc1ccc(C(c2ccc(C(F)(F)F)cc2)N2CCCC2C(=O)O)cc1. The maximum Gasteiger partial charge on any atom is 0.416 e. The number of rotatable bonds is 4. The second kappa shape index (κ2) is 7.11. The molecule has 0 bridgehead atoms. The van der Waals surface area contributed by atoms with Gasteiger partial charge < -0.3 is 5.11 Å². The molecular formula is C20H20F3NO2. The average Bonchev–Trinajstić information content (AvgIpc) is 3.06. The van der Waals surface area contributed by atoms with Crippen LogP contribution >= 0.6 is 0 Å². The minimum atomic E-state index is -4.39. The van der Waals surface area contributed by atoms with E-state index in [1.807, 2.05) is 36.1 Å². The molecule has 138 valence electrons. The molecule has 3 rings (SSSR count). The predicted molar refractivity (Wildman–Crippen MR) is 91.8 cm³/mol. The quantitative estimate of drug-likeness (QED) is 0.859. The molecule has 1 aliphatic heterocycles. The summed E-state index contributed by atoms with van der Waals surface area (Å²) in [4.78, 5) is 13.5. The molecule has 2 aromatic carbocycles. The molecule has 0 aliphatic carbocycles. The molecule has 0 spiro atoms. The third-order valence-electron chi connectivity index (χ3n) is 4.86. The number of halogens is 3. The minimum absolute atomic E-state index is 0.388. The summed E-state index contributed by atoms with van der Waals surface area (Å²) in [5.74, 6) is -0.897. The highest BCUT2D eigenvalue weighted by molar-refractivity contribution is 5.74. The lowest BCUT2D eigenvalue weighted by Gasteiger charge is -2.32. The van der Waals surface area contributed by atoms with Crippen molar-refractivity contribution in [1.29, 1.82) is 0 Å². The molecule has 1 fully saturated rings. The number of hydrogen-bond donors (Lipinski definition) is 1. The average molecular weight is 363 g/mol. The van der Waals surface area contributed by atoms with Gasteiger partial charge in [0.2, 0.25) is 0 Å². The highest BCUT2D eigenvalue weighted by Gasteiger charge is 2.37. The Morgan fingerprint density at radius 1 is 1.08 bits per heavy atom. The van der Waals surface area contributed by atoms with Crippen LogP contribution in [0.4, 0.5) is 13.2 Å².